The third kappa shape index (κ3) is 4.98. The van der Waals surface area contributed by atoms with Crippen LogP contribution in [0.1, 0.15) is 29.8 Å². The lowest BCUT2D eigenvalue weighted by atomic mass is 10.1. The van der Waals surface area contributed by atoms with Gasteiger partial charge in [-0.2, -0.15) is 0 Å². The van der Waals surface area contributed by atoms with Crippen molar-refractivity contribution in [2.24, 2.45) is 0 Å². The number of hydrogen-bond donors (Lipinski definition) is 1. The van der Waals surface area contributed by atoms with Crippen LogP contribution < -0.4 is 10.1 Å². The zero-order valence-electron chi connectivity index (χ0n) is 14.1. The van der Waals surface area contributed by atoms with Gasteiger partial charge in [-0.15, -0.1) is 0 Å². The molecule has 0 radical (unpaired) electrons. The van der Waals surface area contributed by atoms with Gasteiger partial charge in [0.05, 0.1) is 26.9 Å². The molecule has 1 amide bonds. The molecule has 1 aliphatic rings. The highest BCUT2D eigenvalue weighted by molar-refractivity contribution is 6.52. The number of benzene rings is 1. The Hall–Kier alpha value is -1.24. The van der Waals surface area contributed by atoms with E-state index in [1.807, 2.05) is 6.07 Å². The number of para-hydroxylation sites is 2. The van der Waals surface area contributed by atoms with Gasteiger partial charge in [0.15, 0.2) is 0 Å². The third-order valence-electron chi connectivity index (χ3n) is 4.03. The van der Waals surface area contributed by atoms with Crippen molar-refractivity contribution in [2.45, 2.75) is 25.4 Å². The molecule has 1 unspecified atom stereocenters. The minimum atomic E-state index is -0.578. The van der Waals surface area contributed by atoms with E-state index in [2.05, 4.69) is 10.3 Å². The molecule has 1 aromatic carbocycles. The fourth-order valence-electron chi connectivity index (χ4n) is 2.64. The number of halogens is 4. The highest BCUT2D eigenvalue weighted by Crippen LogP contribution is 2.36. The molecule has 1 N–H and O–H groups in total. The van der Waals surface area contributed by atoms with Gasteiger partial charge in [0.25, 0.3) is 5.91 Å². The second-order valence-electron chi connectivity index (χ2n) is 5.94. The standard InChI is InChI=1S/C18H16Cl4N2O3/c19-13-14(20)16(24-17(22)15(13)21)18(25)23-11-6-1-2-7-12(11)27-9-10-5-3-4-8-26-10/h1-2,6-7,10H,3-5,8-9H2,(H,23,25). The van der Waals surface area contributed by atoms with E-state index in [4.69, 9.17) is 55.9 Å². The molecular formula is C18H16Cl4N2O3. The molecule has 1 fully saturated rings. The number of rotatable bonds is 5. The van der Waals surface area contributed by atoms with Crippen molar-refractivity contribution in [3.8, 4) is 5.75 Å². The molecule has 0 saturated carbocycles. The molecule has 27 heavy (non-hydrogen) atoms. The van der Waals surface area contributed by atoms with Crippen molar-refractivity contribution < 1.29 is 14.3 Å². The molecule has 0 aliphatic carbocycles. The van der Waals surface area contributed by atoms with Crippen LogP contribution in [0.25, 0.3) is 0 Å². The number of nitrogens with zero attached hydrogens (tertiary/aromatic N) is 1. The first-order valence-corrected chi connectivity index (χ1v) is 9.83. The first-order valence-electron chi connectivity index (χ1n) is 8.32. The number of anilines is 1. The number of hydrogen-bond acceptors (Lipinski definition) is 4. The predicted octanol–water partition coefficient (Wildman–Crippen LogP) is 5.90. The van der Waals surface area contributed by atoms with E-state index in [-0.39, 0.29) is 32.0 Å². The second-order valence-corrected chi connectivity index (χ2v) is 7.43. The molecule has 1 aliphatic heterocycles. The van der Waals surface area contributed by atoms with Gasteiger partial charge < -0.3 is 14.8 Å². The van der Waals surface area contributed by atoms with E-state index in [0.717, 1.165) is 25.9 Å². The van der Waals surface area contributed by atoms with Gasteiger partial charge in [-0.3, -0.25) is 4.79 Å². The smallest absolute Gasteiger partial charge is 0.276 e. The van der Waals surface area contributed by atoms with Gasteiger partial charge in [-0.05, 0) is 31.4 Å². The zero-order chi connectivity index (χ0) is 19.4. The van der Waals surface area contributed by atoms with E-state index in [0.29, 0.717) is 18.0 Å². The van der Waals surface area contributed by atoms with Crippen LogP contribution in [0.5, 0.6) is 5.75 Å². The van der Waals surface area contributed by atoms with Crippen molar-refractivity contribution in [3.05, 3.63) is 50.2 Å². The minimum absolute atomic E-state index is 0.00361. The average Bonchev–Trinajstić information content (AvgIpc) is 2.69. The molecule has 3 rings (SSSR count). The van der Waals surface area contributed by atoms with Crippen LogP contribution in [0.3, 0.4) is 0 Å². The number of aromatic nitrogens is 1. The molecule has 144 valence electrons. The van der Waals surface area contributed by atoms with Crippen molar-refractivity contribution in [1.82, 2.24) is 4.98 Å². The quantitative estimate of drug-likeness (QED) is 0.577. The summed E-state index contributed by atoms with van der Waals surface area (Å²) >= 11 is 23.9. The molecule has 2 heterocycles. The molecule has 5 nitrogen and oxygen atoms in total. The molecule has 1 atom stereocenters. The summed E-state index contributed by atoms with van der Waals surface area (Å²) in [5.74, 6) is -0.0623. The Morgan fingerprint density at radius 2 is 1.93 bits per heavy atom. The Morgan fingerprint density at radius 1 is 1.15 bits per heavy atom. The number of carbonyl (C=O) groups is 1. The van der Waals surface area contributed by atoms with Crippen LogP contribution >= 0.6 is 46.4 Å². The molecular weight excluding hydrogens is 434 g/mol. The maximum atomic E-state index is 12.6. The van der Waals surface area contributed by atoms with Crippen molar-refractivity contribution in [1.29, 1.82) is 0 Å². The number of pyridine rings is 1. The minimum Gasteiger partial charge on any atom is -0.489 e. The first-order chi connectivity index (χ1) is 13.0. The first kappa shape index (κ1) is 20.5. The summed E-state index contributed by atoms with van der Waals surface area (Å²) in [4.78, 5) is 16.5. The van der Waals surface area contributed by atoms with Gasteiger partial charge in [-0.25, -0.2) is 4.98 Å². The van der Waals surface area contributed by atoms with Crippen LogP contribution in [0.2, 0.25) is 20.2 Å². The lowest BCUT2D eigenvalue weighted by Crippen LogP contribution is -2.26. The van der Waals surface area contributed by atoms with Crippen LogP contribution in [-0.2, 0) is 4.74 Å². The summed E-state index contributed by atoms with van der Waals surface area (Å²) in [5.41, 5.74) is 0.347. The van der Waals surface area contributed by atoms with Gasteiger partial charge in [0, 0.05) is 6.61 Å². The maximum Gasteiger partial charge on any atom is 0.276 e. The Bertz CT molecular complexity index is 842. The highest BCUT2D eigenvalue weighted by Gasteiger charge is 2.21. The number of nitrogens with one attached hydrogen (secondary N) is 1. The largest absolute Gasteiger partial charge is 0.489 e. The summed E-state index contributed by atoms with van der Waals surface area (Å²) in [5, 5.41) is 2.51. The maximum absolute atomic E-state index is 12.6. The van der Waals surface area contributed by atoms with Crippen LogP contribution in [-0.4, -0.2) is 30.2 Å². The van der Waals surface area contributed by atoms with E-state index >= 15 is 0 Å². The monoisotopic (exact) mass is 448 g/mol. The Kier molecular flexibility index (Phi) is 7.06. The van der Waals surface area contributed by atoms with Gasteiger partial charge >= 0.3 is 0 Å². The Labute approximate surface area is 176 Å². The highest BCUT2D eigenvalue weighted by atomic mass is 35.5. The molecule has 0 spiro atoms. The summed E-state index contributed by atoms with van der Waals surface area (Å²) < 4.78 is 11.5. The van der Waals surface area contributed by atoms with E-state index in [1.54, 1.807) is 18.2 Å². The Balaban J connectivity index is 1.75. The number of carbonyl (C=O) groups excluding carboxylic acids is 1. The van der Waals surface area contributed by atoms with Crippen LogP contribution in [0.4, 0.5) is 5.69 Å². The molecule has 0 bridgehead atoms. The molecule has 1 aromatic heterocycles. The third-order valence-corrected chi connectivity index (χ3v) is 5.71. The van der Waals surface area contributed by atoms with E-state index in [9.17, 15) is 4.79 Å². The van der Waals surface area contributed by atoms with Gasteiger partial charge in [0.1, 0.15) is 23.2 Å². The molecule has 2 aromatic rings. The molecule has 1 saturated heterocycles. The SMILES string of the molecule is O=C(Nc1ccccc1OCC1CCCCO1)c1nc(Cl)c(Cl)c(Cl)c1Cl. The topological polar surface area (TPSA) is 60.5 Å². The van der Waals surface area contributed by atoms with Gasteiger partial charge in [0.2, 0.25) is 0 Å². The lowest BCUT2D eigenvalue weighted by molar-refractivity contribution is -0.0109. The van der Waals surface area contributed by atoms with Crippen molar-refractivity contribution in [2.75, 3.05) is 18.5 Å². The van der Waals surface area contributed by atoms with Crippen molar-refractivity contribution >= 4 is 58.0 Å². The Morgan fingerprint density at radius 3 is 2.67 bits per heavy atom. The summed E-state index contributed by atoms with van der Waals surface area (Å²) in [6, 6.07) is 7.06. The van der Waals surface area contributed by atoms with Crippen LogP contribution in [0.15, 0.2) is 24.3 Å². The van der Waals surface area contributed by atoms with E-state index in [1.165, 1.54) is 0 Å². The van der Waals surface area contributed by atoms with Crippen LogP contribution in [0, 0.1) is 0 Å². The predicted molar refractivity (Wildman–Crippen MR) is 108 cm³/mol. The summed E-state index contributed by atoms with van der Waals surface area (Å²) in [6.45, 7) is 1.15. The fraction of sp³-hybridized carbons (Fsp3) is 0.333. The van der Waals surface area contributed by atoms with Gasteiger partial charge in [-0.1, -0.05) is 58.5 Å². The average molecular weight is 450 g/mol. The normalized spacial score (nSPS) is 16.8. The second kappa shape index (κ2) is 9.30. The zero-order valence-corrected chi connectivity index (χ0v) is 17.1. The summed E-state index contributed by atoms with van der Waals surface area (Å²) in [7, 11) is 0. The molecule has 9 heteroatoms. The lowest BCUT2D eigenvalue weighted by Gasteiger charge is -2.23. The van der Waals surface area contributed by atoms with Crippen molar-refractivity contribution in [3.63, 3.8) is 0 Å². The number of amides is 1. The fourth-order valence-corrected chi connectivity index (χ4v) is 3.45. The summed E-state index contributed by atoms with van der Waals surface area (Å²) in [6.07, 6.45) is 3.20. The number of ether oxygens (including phenoxy) is 2. The van der Waals surface area contributed by atoms with E-state index < -0.39 is 5.91 Å².